The van der Waals surface area contributed by atoms with Gasteiger partial charge in [0.15, 0.2) is 0 Å². The van der Waals surface area contributed by atoms with Crippen molar-refractivity contribution in [3.63, 3.8) is 0 Å². The highest BCUT2D eigenvalue weighted by Crippen LogP contribution is 2.41. The molecule has 0 radical (unpaired) electrons. The van der Waals surface area contributed by atoms with Crippen molar-refractivity contribution in [3.05, 3.63) is 47.1 Å². The molecule has 0 saturated carbocycles. The lowest BCUT2D eigenvalue weighted by molar-refractivity contribution is 0.757. The molecule has 0 unspecified atom stereocenters. The van der Waals surface area contributed by atoms with Gasteiger partial charge in [0.1, 0.15) is 11.6 Å². The summed E-state index contributed by atoms with van der Waals surface area (Å²) in [6.45, 7) is 8.18. The van der Waals surface area contributed by atoms with Crippen molar-refractivity contribution in [2.24, 2.45) is 5.73 Å². The second-order valence-electron chi connectivity index (χ2n) is 4.33. The molecular weight excluding hydrogens is 242 g/mol. The molecule has 18 heavy (non-hydrogen) atoms. The average molecular weight is 257 g/mol. The Labute approximate surface area is 112 Å². The predicted molar refractivity (Wildman–Crippen MR) is 75.9 cm³/mol. The molecule has 2 rings (SSSR count). The number of anilines is 1. The highest BCUT2D eigenvalue weighted by Gasteiger charge is 2.25. The van der Waals surface area contributed by atoms with Crippen LogP contribution >= 0.6 is 11.8 Å². The summed E-state index contributed by atoms with van der Waals surface area (Å²) in [6, 6.07) is 10.4. The van der Waals surface area contributed by atoms with Crippen LogP contribution in [0.1, 0.15) is 13.8 Å². The fourth-order valence-corrected chi connectivity index (χ4v) is 2.95. The molecule has 1 aliphatic heterocycles. The van der Waals surface area contributed by atoms with Crippen LogP contribution in [0.15, 0.2) is 52.0 Å². The molecule has 3 nitrogen and oxygen atoms in total. The standard InChI is InChI=1S/C14H15N3S/c1-9(2)17-10(3)11(8-15)14(16)18-13-7-5-4-6-12(13)17/h4-7,9H,3,16H2,1-2H3. The Kier molecular flexibility index (Phi) is 3.35. The van der Waals surface area contributed by atoms with Crippen LogP contribution in [0.5, 0.6) is 0 Å². The highest BCUT2D eigenvalue weighted by molar-refractivity contribution is 8.03. The Bertz CT molecular complexity index is 567. The SMILES string of the molecule is C=C1C(C#N)=C(N)Sc2ccccc2N1C(C)C. The zero-order valence-corrected chi connectivity index (χ0v) is 11.3. The van der Waals surface area contributed by atoms with Crippen molar-refractivity contribution in [2.45, 2.75) is 24.8 Å². The molecular formula is C14H15N3S. The summed E-state index contributed by atoms with van der Waals surface area (Å²) in [7, 11) is 0. The molecule has 1 aliphatic rings. The number of thioether (sulfide) groups is 1. The van der Waals surface area contributed by atoms with Crippen molar-refractivity contribution in [1.29, 1.82) is 5.26 Å². The third-order valence-electron chi connectivity index (χ3n) is 2.80. The van der Waals surface area contributed by atoms with E-state index >= 15 is 0 Å². The maximum absolute atomic E-state index is 9.25. The summed E-state index contributed by atoms with van der Waals surface area (Å²) in [5, 5.41) is 9.76. The molecule has 0 amide bonds. The van der Waals surface area contributed by atoms with Gasteiger partial charge in [0.25, 0.3) is 0 Å². The molecule has 0 bridgehead atoms. The van der Waals surface area contributed by atoms with Crippen molar-refractivity contribution in [1.82, 2.24) is 0 Å². The number of fused-ring (bicyclic) bond motifs is 1. The van der Waals surface area contributed by atoms with E-state index in [4.69, 9.17) is 5.73 Å². The van der Waals surface area contributed by atoms with Crippen LogP contribution in [-0.4, -0.2) is 6.04 Å². The second kappa shape index (κ2) is 4.79. The number of allylic oxidation sites excluding steroid dienone is 1. The predicted octanol–water partition coefficient (Wildman–Crippen LogP) is 3.21. The molecule has 1 aromatic rings. The maximum Gasteiger partial charge on any atom is 0.105 e. The first-order valence-electron chi connectivity index (χ1n) is 5.71. The summed E-state index contributed by atoms with van der Waals surface area (Å²) in [4.78, 5) is 3.11. The molecule has 2 N–H and O–H groups in total. The number of hydrogen-bond donors (Lipinski definition) is 1. The summed E-state index contributed by atoms with van der Waals surface area (Å²) in [5.41, 5.74) is 8.17. The lowest BCUT2D eigenvalue weighted by Gasteiger charge is -2.30. The second-order valence-corrected chi connectivity index (χ2v) is 5.42. The molecule has 4 heteroatoms. The quantitative estimate of drug-likeness (QED) is 0.839. The topological polar surface area (TPSA) is 53.1 Å². The van der Waals surface area contributed by atoms with E-state index in [1.807, 2.05) is 24.3 Å². The van der Waals surface area contributed by atoms with Gasteiger partial charge >= 0.3 is 0 Å². The van der Waals surface area contributed by atoms with E-state index in [1.165, 1.54) is 11.8 Å². The lowest BCUT2D eigenvalue weighted by Crippen LogP contribution is -2.30. The number of nitrogens with zero attached hydrogens (tertiary/aromatic N) is 2. The molecule has 0 aliphatic carbocycles. The van der Waals surface area contributed by atoms with Gasteiger partial charge in [0.05, 0.1) is 16.4 Å². The minimum Gasteiger partial charge on any atom is -0.392 e. The van der Waals surface area contributed by atoms with Crippen LogP contribution in [0.3, 0.4) is 0 Å². The average Bonchev–Trinajstić information content (AvgIpc) is 2.41. The molecule has 0 atom stereocenters. The molecule has 0 fully saturated rings. The Balaban J connectivity index is 2.66. The maximum atomic E-state index is 9.25. The smallest absolute Gasteiger partial charge is 0.105 e. The summed E-state index contributed by atoms with van der Waals surface area (Å²) < 4.78 is 0. The van der Waals surface area contributed by atoms with Gasteiger partial charge < -0.3 is 10.6 Å². The summed E-state index contributed by atoms with van der Waals surface area (Å²) in [6.07, 6.45) is 0. The van der Waals surface area contributed by atoms with Gasteiger partial charge in [-0.25, -0.2) is 0 Å². The van der Waals surface area contributed by atoms with Crippen LogP contribution in [0.25, 0.3) is 0 Å². The summed E-state index contributed by atoms with van der Waals surface area (Å²) >= 11 is 1.42. The molecule has 0 aromatic heterocycles. The fraction of sp³-hybridized carbons (Fsp3) is 0.214. The molecule has 0 spiro atoms. The first-order chi connectivity index (χ1) is 8.56. The van der Waals surface area contributed by atoms with E-state index < -0.39 is 0 Å². The van der Waals surface area contributed by atoms with Crippen LogP contribution < -0.4 is 10.6 Å². The van der Waals surface area contributed by atoms with Gasteiger partial charge in [-0.15, -0.1) is 0 Å². The van der Waals surface area contributed by atoms with Crippen molar-refractivity contribution >= 4 is 17.4 Å². The number of rotatable bonds is 1. The number of hydrogen-bond acceptors (Lipinski definition) is 4. The molecule has 1 aromatic carbocycles. The van der Waals surface area contributed by atoms with E-state index in [-0.39, 0.29) is 6.04 Å². The van der Waals surface area contributed by atoms with Gasteiger partial charge in [0.2, 0.25) is 0 Å². The monoisotopic (exact) mass is 257 g/mol. The number of benzene rings is 1. The van der Waals surface area contributed by atoms with Gasteiger partial charge in [-0.1, -0.05) is 30.5 Å². The Morgan fingerprint density at radius 1 is 1.39 bits per heavy atom. The normalized spacial score (nSPS) is 15.4. The Morgan fingerprint density at radius 2 is 2.06 bits per heavy atom. The largest absolute Gasteiger partial charge is 0.392 e. The third kappa shape index (κ3) is 1.98. The first-order valence-corrected chi connectivity index (χ1v) is 6.53. The fourth-order valence-electron chi connectivity index (χ4n) is 2.03. The number of para-hydroxylation sites is 1. The van der Waals surface area contributed by atoms with E-state index in [0.29, 0.717) is 16.3 Å². The zero-order valence-electron chi connectivity index (χ0n) is 10.5. The highest BCUT2D eigenvalue weighted by atomic mass is 32.2. The lowest BCUT2D eigenvalue weighted by atomic mass is 10.1. The van der Waals surface area contributed by atoms with Crippen molar-refractivity contribution < 1.29 is 0 Å². The van der Waals surface area contributed by atoms with E-state index in [9.17, 15) is 5.26 Å². The van der Waals surface area contributed by atoms with Crippen LogP contribution in [0, 0.1) is 11.3 Å². The first kappa shape index (κ1) is 12.6. The van der Waals surface area contributed by atoms with E-state index in [2.05, 4.69) is 31.4 Å². The van der Waals surface area contributed by atoms with E-state index in [0.717, 1.165) is 10.6 Å². The van der Waals surface area contributed by atoms with Crippen molar-refractivity contribution in [2.75, 3.05) is 4.90 Å². The minimum absolute atomic E-state index is 0.216. The van der Waals surface area contributed by atoms with Crippen LogP contribution in [0.2, 0.25) is 0 Å². The number of nitrogens with two attached hydrogens (primary N) is 1. The van der Waals surface area contributed by atoms with Crippen LogP contribution in [-0.2, 0) is 0 Å². The number of nitriles is 1. The van der Waals surface area contributed by atoms with Gasteiger partial charge in [-0.3, -0.25) is 0 Å². The third-order valence-corrected chi connectivity index (χ3v) is 3.79. The Morgan fingerprint density at radius 3 is 2.67 bits per heavy atom. The van der Waals surface area contributed by atoms with Crippen LogP contribution in [0.4, 0.5) is 5.69 Å². The Hall–Kier alpha value is -1.86. The molecule has 92 valence electrons. The van der Waals surface area contributed by atoms with E-state index in [1.54, 1.807) is 0 Å². The van der Waals surface area contributed by atoms with Gasteiger partial charge in [0, 0.05) is 10.9 Å². The van der Waals surface area contributed by atoms with Crippen molar-refractivity contribution in [3.8, 4) is 6.07 Å². The minimum atomic E-state index is 0.216. The zero-order chi connectivity index (χ0) is 13.3. The molecule has 0 saturated heterocycles. The molecule has 1 heterocycles. The summed E-state index contributed by atoms with van der Waals surface area (Å²) in [5.74, 6) is 0. The van der Waals surface area contributed by atoms with Gasteiger partial charge in [-0.2, -0.15) is 5.26 Å². The van der Waals surface area contributed by atoms with Gasteiger partial charge in [-0.05, 0) is 26.0 Å².